The molecular formula is C14H24N4O2. The van der Waals surface area contributed by atoms with Crippen molar-refractivity contribution in [2.24, 2.45) is 5.73 Å². The third-order valence-electron chi connectivity index (χ3n) is 3.96. The first-order chi connectivity index (χ1) is 9.60. The molecule has 1 fully saturated rings. The van der Waals surface area contributed by atoms with Crippen LogP contribution in [0.15, 0.2) is 10.6 Å². The smallest absolute Gasteiger partial charge is 0.226 e. The Morgan fingerprint density at radius 3 is 3.05 bits per heavy atom. The third kappa shape index (κ3) is 3.80. The van der Waals surface area contributed by atoms with Crippen LogP contribution in [0.25, 0.3) is 0 Å². The molecule has 0 saturated carbocycles. The molecular weight excluding hydrogens is 256 g/mol. The van der Waals surface area contributed by atoms with Gasteiger partial charge in [-0.2, -0.15) is 0 Å². The number of aromatic nitrogens is 1. The fourth-order valence-corrected chi connectivity index (χ4v) is 2.86. The quantitative estimate of drug-likeness (QED) is 0.854. The zero-order chi connectivity index (χ0) is 14.5. The molecule has 1 amide bonds. The minimum Gasteiger partial charge on any atom is -0.360 e. The number of hydrogen-bond acceptors (Lipinski definition) is 5. The Kier molecular flexibility index (Phi) is 5.14. The summed E-state index contributed by atoms with van der Waals surface area (Å²) in [6, 6.07) is 2.62. The van der Waals surface area contributed by atoms with Gasteiger partial charge in [-0.1, -0.05) is 11.6 Å². The van der Waals surface area contributed by atoms with Gasteiger partial charge in [-0.05, 0) is 26.7 Å². The van der Waals surface area contributed by atoms with Gasteiger partial charge in [0.05, 0.1) is 0 Å². The van der Waals surface area contributed by atoms with Crippen molar-refractivity contribution in [3.8, 4) is 0 Å². The molecule has 0 spiro atoms. The number of amides is 1. The second kappa shape index (κ2) is 6.85. The summed E-state index contributed by atoms with van der Waals surface area (Å²) in [5.41, 5.74) is 5.82. The van der Waals surface area contributed by atoms with E-state index in [-0.39, 0.29) is 5.91 Å². The van der Waals surface area contributed by atoms with Crippen LogP contribution in [0, 0.1) is 6.92 Å². The SMILES string of the molecule is Cc1cc(NC(=O)CCN2C(C)CCCC2CN)no1. The van der Waals surface area contributed by atoms with Crippen LogP contribution in [0.5, 0.6) is 0 Å². The molecule has 2 unspecified atom stereocenters. The van der Waals surface area contributed by atoms with Gasteiger partial charge >= 0.3 is 0 Å². The number of nitrogens with one attached hydrogen (secondary N) is 1. The Morgan fingerprint density at radius 1 is 1.60 bits per heavy atom. The maximum atomic E-state index is 11.9. The van der Waals surface area contributed by atoms with E-state index in [1.54, 1.807) is 13.0 Å². The Morgan fingerprint density at radius 2 is 2.40 bits per heavy atom. The van der Waals surface area contributed by atoms with Gasteiger partial charge in [-0.3, -0.25) is 9.69 Å². The maximum Gasteiger partial charge on any atom is 0.226 e. The molecule has 0 bridgehead atoms. The highest BCUT2D eigenvalue weighted by Crippen LogP contribution is 2.22. The van der Waals surface area contributed by atoms with Crippen molar-refractivity contribution in [3.05, 3.63) is 11.8 Å². The normalized spacial score (nSPS) is 23.8. The van der Waals surface area contributed by atoms with Gasteiger partial charge in [0, 0.05) is 37.7 Å². The Hall–Kier alpha value is -1.40. The number of rotatable bonds is 5. The van der Waals surface area contributed by atoms with E-state index in [4.69, 9.17) is 10.3 Å². The Bertz CT molecular complexity index is 446. The van der Waals surface area contributed by atoms with E-state index in [0.717, 1.165) is 13.0 Å². The van der Waals surface area contributed by atoms with Crippen molar-refractivity contribution in [3.63, 3.8) is 0 Å². The number of hydrogen-bond donors (Lipinski definition) is 2. The van der Waals surface area contributed by atoms with Gasteiger partial charge in [-0.15, -0.1) is 0 Å². The lowest BCUT2D eigenvalue weighted by Crippen LogP contribution is -2.49. The summed E-state index contributed by atoms with van der Waals surface area (Å²) in [4.78, 5) is 14.3. The lowest BCUT2D eigenvalue weighted by molar-refractivity contribution is -0.116. The van der Waals surface area contributed by atoms with Crippen molar-refractivity contribution >= 4 is 11.7 Å². The number of nitrogens with two attached hydrogens (primary N) is 1. The molecule has 3 N–H and O–H groups in total. The van der Waals surface area contributed by atoms with E-state index in [0.29, 0.717) is 36.6 Å². The monoisotopic (exact) mass is 280 g/mol. The van der Waals surface area contributed by atoms with Crippen LogP contribution in [0.3, 0.4) is 0 Å². The van der Waals surface area contributed by atoms with Crippen molar-refractivity contribution in [1.29, 1.82) is 0 Å². The van der Waals surface area contributed by atoms with E-state index < -0.39 is 0 Å². The molecule has 1 aromatic rings. The van der Waals surface area contributed by atoms with Crippen LogP contribution in [0.1, 0.15) is 38.4 Å². The van der Waals surface area contributed by atoms with Gasteiger partial charge in [0.15, 0.2) is 5.82 Å². The standard InChI is InChI=1S/C14H24N4O2/c1-10-4-3-5-12(9-15)18(10)7-6-14(19)16-13-8-11(2)20-17-13/h8,10,12H,3-7,9,15H2,1-2H3,(H,16,17,19). The number of likely N-dealkylation sites (tertiary alicyclic amines) is 1. The number of nitrogens with zero attached hydrogens (tertiary/aromatic N) is 2. The second-order valence-corrected chi connectivity index (χ2v) is 5.53. The van der Waals surface area contributed by atoms with Crippen LogP contribution >= 0.6 is 0 Å². The van der Waals surface area contributed by atoms with Gasteiger partial charge in [0.25, 0.3) is 0 Å². The van der Waals surface area contributed by atoms with Crippen LogP contribution in [0.2, 0.25) is 0 Å². The largest absolute Gasteiger partial charge is 0.360 e. The highest BCUT2D eigenvalue weighted by molar-refractivity contribution is 5.89. The summed E-state index contributed by atoms with van der Waals surface area (Å²) < 4.78 is 4.92. The van der Waals surface area contributed by atoms with Crippen molar-refractivity contribution in [1.82, 2.24) is 10.1 Å². The molecule has 0 aromatic carbocycles. The van der Waals surface area contributed by atoms with Crippen molar-refractivity contribution in [2.45, 2.75) is 51.6 Å². The summed E-state index contributed by atoms with van der Waals surface area (Å²) in [7, 11) is 0. The molecule has 2 rings (SSSR count). The van der Waals surface area contributed by atoms with E-state index in [9.17, 15) is 4.79 Å². The third-order valence-corrected chi connectivity index (χ3v) is 3.96. The molecule has 6 nitrogen and oxygen atoms in total. The maximum absolute atomic E-state index is 11.9. The average molecular weight is 280 g/mol. The molecule has 0 aliphatic carbocycles. The Labute approximate surface area is 119 Å². The summed E-state index contributed by atoms with van der Waals surface area (Å²) in [5.74, 6) is 1.13. The molecule has 1 aliphatic heterocycles. The molecule has 112 valence electrons. The van der Waals surface area contributed by atoms with Crippen LogP contribution < -0.4 is 11.1 Å². The highest BCUT2D eigenvalue weighted by Gasteiger charge is 2.26. The molecule has 0 radical (unpaired) electrons. The zero-order valence-electron chi connectivity index (χ0n) is 12.3. The Balaban J connectivity index is 1.82. The number of piperidine rings is 1. The summed E-state index contributed by atoms with van der Waals surface area (Å²) in [6.45, 7) is 5.41. The minimum absolute atomic E-state index is 0.0353. The summed E-state index contributed by atoms with van der Waals surface area (Å²) in [5, 5.41) is 6.50. The number of carbonyl (C=O) groups excluding carboxylic acids is 1. The fourth-order valence-electron chi connectivity index (χ4n) is 2.86. The molecule has 1 aromatic heterocycles. The van der Waals surface area contributed by atoms with Gasteiger partial charge in [-0.25, -0.2) is 0 Å². The number of anilines is 1. The topological polar surface area (TPSA) is 84.4 Å². The van der Waals surface area contributed by atoms with Crippen LogP contribution in [-0.2, 0) is 4.79 Å². The molecule has 1 aliphatic rings. The van der Waals surface area contributed by atoms with Crippen LogP contribution in [0.4, 0.5) is 5.82 Å². The molecule has 20 heavy (non-hydrogen) atoms. The second-order valence-electron chi connectivity index (χ2n) is 5.53. The molecule has 2 atom stereocenters. The first-order valence-electron chi connectivity index (χ1n) is 7.29. The molecule has 1 saturated heterocycles. The van der Waals surface area contributed by atoms with Crippen molar-refractivity contribution < 1.29 is 9.32 Å². The van der Waals surface area contributed by atoms with E-state index in [1.165, 1.54) is 12.8 Å². The molecule has 2 heterocycles. The predicted octanol–water partition coefficient (Wildman–Crippen LogP) is 1.51. The lowest BCUT2D eigenvalue weighted by atomic mass is 9.96. The average Bonchev–Trinajstić information content (AvgIpc) is 2.82. The van der Waals surface area contributed by atoms with E-state index in [2.05, 4.69) is 22.3 Å². The van der Waals surface area contributed by atoms with Gasteiger partial charge in [0.2, 0.25) is 5.91 Å². The fraction of sp³-hybridized carbons (Fsp3) is 0.714. The highest BCUT2D eigenvalue weighted by atomic mass is 16.5. The first kappa shape index (κ1) is 15.0. The van der Waals surface area contributed by atoms with Crippen LogP contribution in [-0.4, -0.2) is 41.1 Å². The van der Waals surface area contributed by atoms with Gasteiger partial charge < -0.3 is 15.6 Å². The predicted molar refractivity (Wildman–Crippen MR) is 77.3 cm³/mol. The lowest BCUT2D eigenvalue weighted by Gasteiger charge is -2.40. The molecule has 6 heteroatoms. The first-order valence-corrected chi connectivity index (χ1v) is 7.29. The van der Waals surface area contributed by atoms with E-state index in [1.807, 2.05) is 0 Å². The van der Waals surface area contributed by atoms with Gasteiger partial charge in [0.1, 0.15) is 5.76 Å². The summed E-state index contributed by atoms with van der Waals surface area (Å²) in [6.07, 6.45) is 3.99. The van der Waals surface area contributed by atoms with Crippen molar-refractivity contribution in [2.75, 3.05) is 18.4 Å². The minimum atomic E-state index is -0.0353. The number of carbonyl (C=O) groups is 1. The zero-order valence-corrected chi connectivity index (χ0v) is 12.3. The number of aryl methyl sites for hydroxylation is 1. The summed E-state index contributed by atoms with van der Waals surface area (Å²) >= 11 is 0. The van der Waals surface area contributed by atoms with E-state index >= 15 is 0 Å².